The van der Waals surface area contributed by atoms with Crippen LogP contribution in [0.4, 0.5) is 4.39 Å². The van der Waals surface area contributed by atoms with Gasteiger partial charge < -0.3 is 19.3 Å². The van der Waals surface area contributed by atoms with Crippen molar-refractivity contribution in [3.05, 3.63) is 119 Å². The molecule has 1 N–H and O–H groups in total. The SMILES string of the molecule is COc1ccc(F)c(-c2ccc(COc3cccc(CCC(=O)O)c3)cc2C(OCc2ccccc2)C(C)(C)C)c1. The molecule has 4 aromatic rings. The lowest BCUT2D eigenvalue weighted by Crippen LogP contribution is -2.22. The molecule has 0 fully saturated rings. The number of ether oxygens (including phenoxy) is 3. The molecule has 4 rings (SSSR count). The number of hydrogen-bond donors (Lipinski definition) is 1. The summed E-state index contributed by atoms with van der Waals surface area (Å²) in [6.45, 7) is 7.03. The number of methoxy groups -OCH3 is 1. The highest BCUT2D eigenvalue weighted by Gasteiger charge is 2.30. The third-order valence-corrected chi connectivity index (χ3v) is 6.84. The number of hydrogen-bond acceptors (Lipinski definition) is 4. The lowest BCUT2D eigenvalue weighted by Gasteiger charge is -2.33. The molecule has 0 aliphatic carbocycles. The average molecular weight is 557 g/mol. The minimum absolute atomic E-state index is 0.0618. The topological polar surface area (TPSA) is 65.0 Å². The van der Waals surface area contributed by atoms with Crippen molar-refractivity contribution >= 4 is 5.97 Å². The van der Waals surface area contributed by atoms with Gasteiger partial charge in [0.15, 0.2) is 0 Å². The van der Waals surface area contributed by atoms with Gasteiger partial charge in [-0.15, -0.1) is 0 Å². The molecule has 0 aliphatic rings. The van der Waals surface area contributed by atoms with Crippen LogP contribution >= 0.6 is 0 Å². The first kappa shape index (κ1) is 29.8. The maximum Gasteiger partial charge on any atom is 0.303 e. The summed E-state index contributed by atoms with van der Waals surface area (Å²) in [6.07, 6.45) is 0.137. The minimum atomic E-state index is -0.834. The molecule has 0 aliphatic heterocycles. The second kappa shape index (κ2) is 13.5. The van der Waals surface area contributed by atoms with Crippen LogP contribution in [0.15, 0.2) is 91.0 Å². The molecular formula is C35H37FO5. The minimum Gasteiger partial charge on any atom is -0.497 e. The van der Waals surface area contributed by atoms with Crippen LogP contribution in [0.2, 0.25) is 0 Å². The molecule has 214 valence electrons. The van der Waals surface area contributed by atoms with Crippen molar-refractivity contribution in [2.24, 2.45) is 5.41 Å². The zero-order valence-electron chi connectivity index (χ0n) is 24.0. The van der Waals surface area contributed by atoms with Crippen LogP contribution in [-0.4, -0.2) is 18.2 Å². The first-order valence-corrected chi connectivity index (χ1v) is 13.7. The lowest BCUT2D eigenvalue weighted by molar-refractivity contribution is -0.136. The number of rotatable bonds is 12. The van der Waals surface area contributed by atoms with E-state index in [4.69, 9.17) is 19.3 Å². The molecule has 0 aromatic heterocycles. The highest BCUT2D eigenvalue weighted by molar-refractivity contribution is 5.70. The van der Waals surface area contributed by atoms with E-state index >= 15 is 4.39 Å². The molecule has 0 radical (unpaired) electrons. The second-order valence-corrected chi connectivity index (χ2v) is 11.1. The average Bonchev–Trinajstić information content (AvgIpc) is 2.96. The number of carboxylic acid groups (broad SMARTS) is 1. The maximum absolute atomic E-state index is 15.2. The second-order valence-electron chi connectivity index (χ2n) is 11.1. The van der Waals surface area contributed by atoms with Gasteiger partial charge in [0.05, 0.1) is 19.8 Å². The molecule has 4 aromatic carbocycles. The number of benzene rings is 4. The molecule has 0 heterocycles. The Labute approximate surface area is 241 Å². The Kier molecular flexibility index (Phi) is 9.79. The first-order chi connectivity index (χ1) is 19.6. The number of carbonyl (C=O) groups is 1. The fraction of sp³-hybridized carbons (Fsp3) is 0.286. The summed E-state index contributed by atoms with van der Waals surface area (Å²) >= 11 is 0. The van der Waals surface area contributed by atoms with Crippen molar-refractivity contribution in [2.45, 2.75) is 52.9 Å². The molecule has 5 nitrogen and oxygen atoms in total. The zero-order chi connectivity index (χ0) is 29.4. The van der Waals surface area contributed by atoms with E-state index in [1.54, 1.807) is 19.2 Å². The zero-order valence-corrected chi connectivity index (χ0v) is 24.0. The van der Waals surface area contributed by atoms with Gasteiger partial charge in [0.25, 0.3) is 0 Å². The van der Waals surface area contributed by atoms with E-state index in [0.29, 0.717) is 30.1 Å². The van der Waals surface area contributed by atoms with Crippen molar-refractivity contribution in [2.75, 3.05) is 7.11 Å². The standard InChI is InChI=1S/C35H37FO5/c1-35(2,3)34(41-22-25-9-6-5-7-10-25)31-20-26(13-16-29(31)30-21-27(39-4)15-17-32(30)36)23-40-28-12-8-11-24(19-28)14-18-33(37)38/h5-13,15-17,19-21,34H,14,18,22-23H2,1-4H3,(H,37,38). The maximum atomic E-state index is 15.2. The Balaban J connectivity index is 1.69. The van der Waals surface area contributed by atoms with Crippen molar-refractivity contribution in [1.29, 1.82) is 0 Å². The Bertz CT molecular complexity index is 1460. The van der Waals surface area contributed by atoms with Gasteiger partial charge in [-0.05, 0) is 76.1 Å². The fourth-order valence-corrected chi connectivity index (χ4v) is 4.77. The molecule has 41 heavy (non-hydrogen) atoms. The molecule has 6 heteroatoms. The summed E-state index contributed by atoms with van der Waals surface area (Å²) in [5.41, 5.74) is 4.58. The van der Waals surface area contributed by atoms with Crippen LogP contribution in [-0.2, 0) is 29.2 Å². The highest BCUT2D eigenvalue weighted by atomic mass is 19.1. The molecule has 0 bridgehead atoms. The van der Waals surface area contributed by atoms with Gasteiger partial charge in [-0.2, -0.15) is 0 Å². The van der Waals surface area contributed by atoms with Gasteiger partial charge in [0, 0.05) is 12.0 Å². The molecule has 1 atom stereocenters. The molecule has 0 saturated heterocycles. The van der Waals surface area contributed by atoms with Crippen LogP contribution in [0.1, 0.15) is 55.5 Å². The van der Waals surface area contributed by atoms with Gasteiger partial charge in [0.2, 0.25) is 0 Å². The summed E-state index contributed by atoms with van der Waals surface area (Å²) in [5, 5.41) is 9.01. The van der Waals surface area contributed by atoms with Crippen molar-refractivity contribution in [3.8, 4) is 22.6 Å². The Morgan fingerprint density at radius 2 is 1.56 bits per heavy atom. The normalized spacial score (nSPS) is 12.1. The number of aryl methyl sites for hydroxylation is 1. The first-order valence-electron chi connectivity index (χ1n) is 13.7. The summed E-state index contributed by atoms with van der Waals surface area (Å²) < 4.78 is 33.3. The van der Waals surface area contributed by atoms with E-state index in [0.717, 1.165) is 27.8 Å². The molecule has 1 unspecified atom stereocenters. The molecule has 0 spiro atoms. The largest absolute Gasteiger partial charge is 0.497 e. The van der Waals surface area contributed by atoms with Gasteiger partial charge in [0.1, 0.15) is 23.9 Å². The Hall–Kier alpha value is -4.16. The van der Waals surface area contributed by atoms with Gasteiger partial charge in [-0.3, -0.25) is 4.79 Å². The van der Waals surface area contributed by atoms with Crippen LogP contribution in [0.3, 0.4) is 0 Å². The van der Waals surface area contributed by atoms with Crippen LogP contribution in [0, 0.1) is 11.2 Å². The van der Waals surface area contributed by atoms with E-state index < -0.39 is 5.97 Å². The Morgan fingerprint density at radius 3 is 2.27 bits per heavy atom. The van der Waals surface area contributed by atoms with Gasteiger partial charge in [-0.1, -0.05) is 75.4 Å². The number of aliphatic carboxylic acids is 1. The molecular weight excluding hydrogens is 519 g/mol. The summed E-state index contributed by atoms with van der Waals surface area (Å²) in [4.78, 5) is 11.0. The molecule has 0 amide bonds. The number of carboxylic acids is 1. The van der Waals surface area contributed by atoms with Crippen LogP contribution in [0.5, 0.6) is 11.5 Å². The summed E-state index contributed by atoms with van der Waals surface area (Å²) in [7, 11) is 1.57. The third-order valence-electron chi connectivity index (χ3n) is 6.84. The van der Waals surface area contributed by atoms with Gasteiger partial charge in [-0.25, -0.2) is 4.39 Å². The van der Waals surface area contributed by atoms with E-state index in [9.17, 15) is 4.79 Å². The van der Waals surface area contributed by atoms with Crippen LogP contribution < -0.4 is 9.47 Å². The van der Waals surface area contributed by atoms with E-state index in [-0.39, 0.29) is 30.4 Å². The summed E-state index contributed by atoms with van der Waals surface area (Å²) in [6, 6.07) is 28.1. The number of halogens is 1. The predicted molar refractivity (Wildman–Crippen MR) is 159 cm³/mol. The predicted octanol–water partition coefficient (Wildman–Crippen LogP) is 8.40. The van der Waals surface area contributed by atoms with Crippen molar-refractivity contribution < 1.29 is 28.5 Å². The fourth-order valence-electron chi connectivity index (χ4n) is 4.77. The third kappa shape index (κ3) is 8.18. The van der Waals surface area contributed by atoms with Crippen LogP contribution in [0.25, 0.3) is 11.1 Å². The highest BCUT2D eigenvalue weighted by Crippen LogP contribution is 2.43. The van der Waals surface area contributed by atoms with E-state index in [1.807, 2.05) is 72.8 Å². The van der Waals surface area contributed by atoms with Crippen molar-refractivity contribution in [1.82, 2.24) is 0 Å². The van der Waals surface area contributed by atoms with E-state index in [2.05, 4.69) is 20.8 Å². The van der Waals surface area contributed by atoms with Gasteiger partial charge >= 0.3 is 5.97 Å². The molecule has 0 saturated carbocycles. The van der Waals surface area contributed by atoms with Crippen molar-refractivity contribution in [3.63, 3.8) is 0 Å². The smallest absolute Gasteiger partial charge is 0.303 e. The summed E-state index contributed by atoms with van der Waals surface area (Å²) in [5.74, 6) is 0.0503. The monoisotopic (exact) mass is 556 g/mol. The van der Waals surface area contributed by atoms with E-state index in [1.165, 1.54) is 6.07 Å². The quantitative estimate of drug-likeness (QED) is 0.190. The Morgan fingerprint density at radius 1 is 0.805 bits per heavy atom. The lowest BCUT2D eigenvalue weighted by atomic mass is 9.81.